The molecule has 0 amide bonds. The molecule has 0 aliphatic rings. The molecule has 0 fully saturated rings. The van der Waals surface area contributed by atoms with E-state index in [1.165, 1.54) is 0 Å². The Morgan fingerprint density at radius 1 is 1.50 bits per heavy atom. The standard InChI is InChI=1S/C7H6N3/c1-2-9-5-6-10-7(9)3-4-8-10/h3-6H,1H2. The Morgan fingerprint density at radius 3 is 3.20 bits per heavy atom. The van der Waals surface area contributed by atoms with Gasteiger partial charge in [0.15, 0.2) is 0 Å². The smallest absolute Gasteiger partial charge is 0.140 e. The molecule has 0 aliphatic carbocycles. The van der Waals surface area contributed by atoms with Crippen LogP contribution in [0.2, 0.25) is 0 Å². The summed E-state index contributed by atoms with van der Waals surface area (Å²) in [6.45, 7) is 3.53. The summed E-state index contributed by atoms with van der Waals surface area (Å²) in [6, 6.07) is 1.90. The van der Waals surface area contributed by atoms with Gasteiger partial charge in [0.2, 0.25) is 0 Å². The molecule has 2 aromatic heterocycles. The molecule has 0 unspecified atom stereocenters. The van der Waals surface area contributed by atoms with E-state index in [0.717, 1.165) is 5.65 Å². The summed E-state index contributed by atoms with van der Waals surface area (Å²) in [6.07, 6.45) is 8.19. The van der Waals surface area contributed by atoms with Crippen LogP contribution in [0.15, 0.2) is 31.2 Å². The van der Waals surface area contributed by atoms with Gasteiger partial charge in [-0.1, -0.05) is 6.58 Å². The molecule has 1 radical (unpaired) electrons. The Kier molecular flexibility index (Phi) is 0.917. The first-order valence-corrected chi connectivity index (χ1v) is 2.95. The fourth-order valence-corrected chi connectivity index (χ4v) is 0.953. The number of fused-ring (bicyclic) bond motifs is 1. The van der Waals surface area contributed by atoms with Crippen LogP contribution in [0.4, 0.5) is 0 Å². The van der Waals surface area contributed by atoms with Gasteiger partial charge in [-0.3, -0.25) is 4.57 Å². The van der Waals surface area contributed by atoms with Gasteiger partial charge in [0.25, 0.3) is 0 Å². The van der Waals surface area contributed by atoms with Gasteiger partial charge in [0.05, 0.1) is 12.4 Å². The predicted octanol–water partition coefficient (Wildman–Crippen LogP) is 0.931. The van der Waals surface area contributed by atoms with Crippen LogP contribution in [-0.2, 0) is 0 Å². The molecule has 2 rings (SSSR count). The molecule has 0 aliphatic heterocycles. The maximum absolute atomic E-state index is 4.02. The fraction of sp³-hybridized carbons (Fsp3) is 0. The monoisotopic (exact) mass is 132 g/mol. The molecule has 0 aromatic carbocycles. The molecule has 2 aromatic rings. The quantitative estimate of drug-likeness (QED) is 0.565. The van der Waals surface area contributed by atoms with E-state index < -0.39 is 0 Å². The Hall–Kier alpha value is -1.51. The molecular weight excluding hydrogens is 126 g/mol. The van der Waals surface area contributed by atoms with Crippen LogP contribution in [0.25, 0.3) is 5.65 Å². The van der Waals surface area contributed by atoms with Gasteiger partial charge in [-0.15, -0.1) is 0 Å². The number of rotatable bonds is 1. The van der Waals surface area contributed by atoms with Crippen molar-refractivity contribution in [3.63, 3.8) is 0 Å². The summed E-state index contributed by atoms with van der Waals surface area (Å²) >= 11 is 0. The highest BCUT2D eigenvalue weighted by Gasteiger charge is 1.95. The zero-order valence-corrected chi connectivity index (χ0v) is 5.36. The Labute approximate surface area is 58.2 Å². The highest BCUT2D eigenvalue weighted by atomic mass is 15.3. The van der Waals surface area contributed by atoms with Crippen LogP contribution in [-0.4, -0.2) is 14.2 Å². The van der Waals surface area contributed by atoms with Crippen molar-refractivity contribution in [3.05, 3.63) is 37.4 Å². The van der Waals surface area contributed by atoms with Crippen molar-refractivity contribution in [3.8, 4) is 0 Å². The van der Waals surface area contributed by atoms with Gasteiger partial charge in [0, 0.05) is 18.5 Å². The Balaban J connectivity index is 2.88. The maximum Gasteiger partial charge on any atom is 0.140 e. The minimum Gasteiger partial charge on any atom is -0.299 e. The van der Waals surface area contributed by atoms with E-state index in [1.807, 2.05) is 18.5 Å². The first-order chi connectivity index (χ1) is 4.92. The van der Waals surface area contributed by atoms with Gasteiger partial charge in [0.1, 0.15) is 5.65 Å². The molecule has 0 atom stereocenters. The van der Waals surface area contributed by atoms with Gasteiger partial charge in [-0.05, 0) is 0 Å². The van der Waals surface area contributed by atoms with Crippen LogP contribution < -0.4 is 0 Å². The third-order valence-electron chi connectivity index (χ3n) is 1.42. The first-order valence-electron chi connectivity index (χ1n) is 2.95. The summed E-state index contributed by atoms with van der Waals surface area (Å²) in [5, 5.41) is 4.02. The van der Waals surface area contributed by atoms with E-state index in [1.54, 1.807) is 15.3 Å². The molecular formula is C7H6N3. The van der Waals surface area contributed by atoms with Crippen molar-refractivity contribution in [2.75, 3.05) is 0 Å². The molecule has 10 heavy (non-hydrogen) atoms. The molecule has 0 saturated heterocycles. The van der Waals surface area contributed by atoms with Crippen LogP contribution in [0.3, 0.4) is 0 Å². The van der Waals surface area contributed by atoms with E-state index in [4.69, 9.17) is 0 Å². The number of hydrogen-bond acceptors (Lipinski definition) is 1. The van der Waals surface area contributed by atoms with Crippen molar-refractivity contribution in [1.82, 2.24) is 14.2 Å². The lowest BCUT2D eigenvalue weighted by molar-refractivity contribution is 0.963. The maximum atomic E-state index is 4.02. The minimum absolute atomic E-state index is 0.981. The van der Waals surface area contributed by atoms with Crippen LogP contribution >= 0.6 is 0 Å². The second kappa shape index (κ2) is 1.73. The number of hydrogen-bond donors (Lipinski definition) is 0. The van der Waals surface area contributed by atoms with Crippen molar-refractivity contribution in [2.45, 2.75) is 0 Å². The van der Waals surface area contributed by atoms with E-state index in [2.05, 4.69) is 17.9 Å². The fourth-order valence-electron chi connectivity index (χ4n) is 0.953. The van der Waals surface area contributed by atoms with Gasteiger partial charge in [-0.2, -0.15) is 5.10 Å². The lowest BCUT2D eigenvalue weighted by Gasteiger charge is -1.86. The van der Waals surface area contributed by atoms with Crippen molar-refractivity contribution < 1.29 is 0 Å². The Morgan fingerprint density at radius 2 is 2.40 bits per heavy atom. The summed E-state index contributed by atoms with van der Waals surface area (Å²) in [5.74, 6) is 0. The van der Waals surface area contributed by atoms with Crippen LogP contribution in [0, 0.1) is 6.20 Å². The van der Waals surface area contributed by atoms with E-state index in [0.29, 0.717) is 0 Å². The molecule has 0 bridgehead atoms. The molecule has 0 N–H and O–H groups in total. The number of aromatic nitrogens is 3. The minimum atomic E-state index is 0.981. The van der Waals surface area contributed by atoms with E-state index in [9.17, 15) is 0 Å². The second-order valence-corrected chi connectivity index (χ2v) is 1.96. The number of imidazole rings is 1. The zero-order chi connectivity index (χ0) is 6.97. The summed E-state index contributed by atoms with van der Waals surface area (Å²) in [5.41, 5.74) is 0.981. The van der Waals surface area contributed by atoms with Crippen LogP contribution in [0.1, 0.15) is 0 Å². The average molecular weight is 132 g/mol. The van der Waals surface area contributed by atoms with Gasteiger partial charge in [-0.25, -0.2) is 4.52 Å². The molecule has 2 heterocycles. The molecule has 49 valence electrons. The van der Waals surface area contributed by atoms with Crippen molar-refractivity contribution in [2.24, 2.45) is 0 Å². The highest BCUT2D eigenvalue weighted by molar-refractivity contribution is 5.38. The zero-order valence-electron chi connectivity index (χ0n) is 5.36. The third kappa shape index (κ3) is 0.515. The summed E-state index contributed by atoms with van der Waals surface area (Å²) in [7, 11) is 0. The van der Waals surface area contributed by atoms with Gasteiger partial charge >= 0.3 is 0 Å². The second-order valence-electron chi connectivity index (χ2n) is 1.96. The van der Waals surface area contributed by atoms with Crippen LogP contribution in [0.5, 0.6) is 0 Å². The topological polar surface area (TPSA) is 22.2 Å². The SMILES string of the molecule is C=[C]n1ccn2nccc12. The largest absolute Gasteiger partial charge is 0.299 e. The predicted molar refractivity (Wildman–Crippen MR) is 37.5 cm³/mol. The van der Waals surface area contributed by atoms with Crippen molar-refractivity contribution in [1.29, 1.82) is 0 Å². The van der Waals surface area contributed by atoms with E-state index >= 15 is 0 Å². The lowest BCUT2D eigenvalue weighted by Crippen LogP contribution is -1.84. The normalized spacial score (nSPS) is 10.4. The average Bonchev–Trinajstić information content (AvgIpc) is 2.44. The number of nitrogens with zero attached hydrogens (tertiary/aromatic N) is 3. The summed E-state index contributed by atoms with van der Waals surface area (Å²) < 4.78 is 3.55. The molecule has 3 heteroatoms. The molecule has 0 spiro atoms. The van der Waals surface area contributed by atoms with Gasteiger partial charge < -0.3 is 0 Å². The Bertz CT molecular complexity index is 355. The molecule has 0 saturated carbocycles. The summed E-state index contributed by atoms with van der Waals surface area (Å²) in [4.78, 5) is 0. The first kappa shape index (κ1) is 5.29. The molecule has 3 nitrogen and oxygen atoms in total. The highest BCUT2D eigenvalue weighted by Crippen LogP contribution is 2.01. The third-order valence-corrected chi connectivity index (χ3v) is 1.42. The van der Waals surface area contributed by atoms with Crippen molar-refractivity contribution >= 4 is 5.65 Å². The lowest BCUT2D eigenvalue weighted by atomic mass is 10.7. The van der Waals surface area contributed by atoms with E-state index in [-0.39, 0.29) is 0 Å².